The molecule has 3 N–H and O–H groups in total. The molecule has 86 valence electrons. The molecule has 1 heterocycles. The second kappa shape index (κ2) is 4.84. The van der Waals surface area contributed by atoms with Crippen LogP contribution in [-0.2, 0) is 9.53 Å². The molecule has 0 bridgehead atoms. The number of ether oxygens (including phenoxy) is 1. The Kier molecular flexibility index (Phi) is 3.46. The fourth-order valence-corrected chi connectivity index (χ4v) is 2.00. The standard InChI is InChI=1S/C11H13BrN2O2/c12-8-1-2-10(9(13)5-8)14-11(15)7-3-4-16-6-7/h1-2,5,7H,3-4,6,13H2,(H,14,15). The van der Waals surface area contributed by atoms with E-state index in [-0.39, 0.29) is 11.8 Å². The zero-order chi connectivity index (χ0) is 11.5. The topological polar surface area (TPSA) is 64.3 Å². The fraction of sp³-hybridized carbons (Fsp3) is 0.364. The average Bonchev–Trinajstić information content (AvgIpc) is 2.75. The van der Waals surface area contributed by atoms with E-state index >= 15 is 0 Å². The van der Waals surface area contributed by atoms with Gasteiger partial charge in [-0.2, -0.15) is 0 Å². The zero-order valence-corrected chi connectivity index (χ0v) is 10.3. The van der Waals surface area contributed by atoms with Gasteiger partial charge in [0.1, 0.15) is 0 Å². The summed E-state index contributed by atoms with van der Waals surface area (Å²) in [7, 11) is 0. The van der Waals surface area contributed by atoms with Gasteiger partial charge in [0.15, 0.2) is 0 Å². The lowest BCUT2D eigenvalue weighted by Gasteiger charge is -2.11. The number of anilines is 2. The number of hydrogen-bond donors (Lipinski definition) is 2. The molecule has 1 aromatic carbocycles. The van der Waals surface area contributed by atoms with Crippen LogP contribution >= 0.6 is 15.9 Å². The molecule has 1 aromatic rings. The molecular weight excluding hydrogens is 272 g/mol. The van der Waals surface area contributed by atoms with Crippen molar-refractivity contribution in [1.29, 1.82) is 0 Å². The lowest BCUT2D eigenvalue weighted by Crippen LogP contribution is -2.23. The largest absolute Gasteiger partial charge is 0.397 e. The van der Waals surface area contributed by atoms with Crippen LogP contribution in [0.1, 0.15) is 6.42 Å². The van der Waals surface area contributed by atoms with E-state index < -0.39 is 0 Å². The molecule has 0 aliphatic carbocycles. The summed E-state index contributed by atoms with van der Waals surface area (Å²) < 4.78 is 6.06. The van der Waals surface area contributed by atoms with Gasteiger partial charge in [-0.05, 0) is 24.6 Å². The summed E-state index contributed by atoms with van der Waals surface area (Å²) in [5, 5.41) is 2.81. The Morgan fingerprint density at radius 3 is 3.00 bits per heavy atom. The number of carbonyl (C=O) groups excluding carboxylic acids is 1. The molecule has 1 fully saturated rings. The lowest BCUT2D eigenvalue weighted by molar-refractivity contribution is -0.119. The Hall–Kier alpha value is -1.07. The predicted molar refractivity (Wildman–Crippen MR) is 66.1 cm³/mol. The third-order valence-corrected chi connectivity index (χ3v) is 3.07. The van der Waals surface area contributed by atoms with Gasteiger partial charge in [-0.1, -0.05) is 15.9 Å². The first kappa shape index (κ1) is 11.4. The van der Waals surface area contributed by atoms with Crippen molar-refractivity contribution in [2.45, 2.75) is 6.42 Å². The Morgan fingerprint density at radius 2 is 2.38 bits per heavy atom. The predicted octanol–water partition coefficient (Wildman–Crippen LogP) is 2.01. The fourth-order valence-electron chi connectivity index (χ4n) is 1.62. The van der Waals surface area contributed by atoms with Crippen LogP contribution in [0.3, 0.4) is 0 Å². The first-order valence-corrected chi connectivity index (χ1v) is 5.90. The monoisotopic (exact) mass is 284 g/mol. The van der Waals surface area contributed by atoms with Gasteiger partial charge in [0, 0.05) is 11.1 Å². The molecule has 4 nitrogen and oxygen atoms in total. The molecule has 1 amide bonds. The van der Waals surface area contributed by atoms with Crippen LogP contribution in [0, 0.1) is 5.92 Å². The number of nitrogens with two attached hydrogens (primary N) is 1. The third-order valence-electron chi connectivity index (χ3n) is 2.57. The van der Waals surface area contributed by atoms with Crippen molar-refractivity contribution in [3.05, 3.63) is 22.7 Å². The zero-order valence-electron chi connectivity index (χ0n) is 8.70. The lowest BCUT2D eigenvalue weighted by atomic mass is 10.1. The van der Waals surface area contributed by atoms with Gasteiger partial charge >= 0.3 is 0 Å². The van der Waals surface area contributed by atoms with Crippen molar-refractivity contribution in [2.75, 3.05) is 24.3 Å². The van der Waals surface area contributed by atoms with E-state index in [1.54, 1.807) is 12.1 Å². The SMILES string of the molecule is Nc1cc(Br)ccc1NC(=O)C1CCOC1. The molecule has 1 aliphatic heterocycles. The van der Waals surface area contributed by atoms with Crippen molar-refractivity contribution in [3.8, 4) is 0 Å². The molecule has 1 unspecified atom stereocenters. The van der Waals surface area contributed by atoms with Crippen LogP contribution in [0.2, 0.25) is 0 Å². The Bertz CT molecular complexity index is 403. The molecule has 1 atom stereocenters. The van der Waals surface area contributed by atoms with E-state index in [4.69, 9.17) is 10.5 Å². The molecule has 0 spiro atoms. The highest BCUT2D eigenvalue weighted by Gasteiger charge is 2.23. The Balaban J connectivity index is 2.05. The second-order valence-electron chi connectivity index (χ2n) is 3.78. The van der Waals surface area contributed by atoms with E-state index in [0.717, 1.165) is 10.9 Å². The maximum absolute atomic E-state index is 11.8. The van der Waals surface area contributed by atoms with E-state index in [0.29, 0.717) is 24.6 Å². The highest BCUT2D eigenvalue weighted by atomic mass is 79.9. The minimum atomic E-state index is -0.0527. The number of hydrogen-bond acceptors (Lipinski definition) is 3. The summed E-state index contributed by atoms with van der Waals surface area (Å²) >= 11 is 3.32. The maximum Gasteiger partial charge on any atom is 0.229 e. The molecule has 0 saturated carbocycles. The van der Waals surface area contributed by atoms with Crippen LogP contribution < -0.4 is 11.1 Å². The van der Waals surface area contributed by atoms with Crippen LogP contribution in [0.4, 0.5) is 11.4 Å². The summed E-state index contributed by atoms with van der Waals surface area (Å²) in [4.78, 5) is 11.8. The van der Waals surface area contributed by atoms with Crippen molar-refractivity contribution in [1.82, 2.24) is 0 Å². The van der Waals surface area contributed by atoms with Gasteiger partial charge in [0.25, 0.3) is 0 Å². The quantitative estimate of drug-likeness (QED) is 0.817. The van der Waals surface area contributed by atoms with Crippen LogP contribution in [0.25, 0.3) is 0 Å². The molecule has 0 aromatic heterocycles. The Morgan fingerprint density at radius 1 is 1.56 bits per heavy atom. The number of nitrogens with one attached hydrogen (secondary N) is 1. The second-order valence-corrected chi connectivity index (χ2v) is 4.70. The van der Waals surface area contributed by atoms with Gasteiger partial charge in [-0.25, -0.2) is 0 Å². The van der Waals surface area contributed by atoms with Crippen molar-refractivity contribution in [2.24, 2.45) is 5.92 Å². The number of rotatable bonds is 2. The summed E-state index contributed by atoms with van der Waals surface area (Å²) in [6.45, 7) is 1.16. The molecule has 1 aliphatic rings. The van der Waals surface area contributed by atoms with Gasteiger partial charge < -0.3 is 15.8 Å². The van der Waals surface area contributed by atoms with Gasteiger partial charge in [0.2, 0.25) is 5.91 Å². The Labute approximate surface area is 102 Å². The average molecular weight is 285 g/mol. The maximum atomic E-state index is 11.8. The molecule has 2 rings (SSSR count). The van der Waals surface area contributed by atoms with E-state index in [1.807, 2.05) is 6.07 Å². The van der Waals surface area contributed by atoms with Gasteiger partial charge in [-0.15, -0.1) is 0 Å². The number of amides is 1. The summed E-state index contributed by atoms with van der Waals surface area (Å²) in [6, 6.07) is 5.39. The van der Waals surface area contributed by atoms with Crippen LogP contribution in [0.5, 0.6) is 0 Å². The smallest absolute Gasteiger partial charge is 0.229 e. The molecule has 0 radical (unpaired) electrons. The number of nitrogen functional groups attached to an aromatic ring is 1. The van der Waals surface area contributed by atoms with Gasteiger partial charge in [-0.3, -0.25) is 4.79 Å². The van der Waals surface area contributed by atoms with E-state index in [2.05, 4.69) is 21.2 Å². The van der Waals surface area contributed by atoms with Crippen molar-refractivity contribution >= 4 is 33.2 Å². The van der Waals surface area contributed by atoms with E-state index in [9.17, 15) is 4.79 Å². The van der Waals surface area contributed by atoms with Gasteiger partial charge in [0.05, 0.1) is 23.9 Å². The molecule has 1 saturated heterocycles. The highest BCUT2D eigenvalue weighted by molar-refractivity contribution is 9.10. The molecule has 5 heteroatoms. The van der Waals surface area contributed by atoms with Crippen LogP contribution in [-0.4, -0.2) is 19.1 Å². The molecular formula is C11H13BrN2O2. The number of benzene rings is 1. The van der Waals surface area contributed by atoms with Crippen LogP contribution in [0.15, 0.2) is 22.7 Å². The normalized spacial score (nSPS) is 19.7. The highest BCUT2D eigenvalue weighted by Crippen LogP contribution is 2.24. The first-order chi connectivity index (χ1) is 7.66. The minimum Gasteiger partial charge on any atom is -0.397 e. The van der Waals surface area contributed by atoms with Crippen molar-refractivity contribution in [3.63, 3.8) is 0 Å². The van der Waals surface area contributed by atoms with Crippen molar-refractivity contribution < 1.29 is 9.53 Å². The summed E-state index contributed by atoms with van der Waals surface area (Å²) in [6.07, 6.45) is 0.780. The van der Waals surface area contributed by atoms with E-state index in [1.165, 1.54) is 0 Å². The summed E-state index contributed by atoms with van der Waals surface area (Å²) in [5.74, 6) is -0.0745. The first-order valence-electron chi connectivity index (χ1n) is 5.10. The summed E-state index contributed by atoms with van der Waals surface area (Å²) in [5.41, 5.74) is 7.00. The third kappa shape index (κ3) is 2.54. The number of carbonyl (C=O) groups is 1. The minimum absolute atomic E-state index is 0.0217. The number of halogens is 1. The molecule has 16 heavy (non-hydrogen) atoms.